The second-order valence-electron chi connectivity index (χ2n) is 4.74. The lowest BCUT2D eigenvalue weighted by atomic mass is 10.0. The second-order valence-corrected chi connectivity index (χ2v) is 5.65. The van der Waals surface area contributed by atoms with Gasteiger partial charge in [0.25, 0.3) is 0 Å². The van der Waals surface area contributed by atoms with Crippen molar-refractivity contribution in [1.82, 2.24) is 4.98 Å². The Bertz CT molecular complexity index is 802. The van der Waals surface area contributed by atoms with Crippen LogP contribution in [0.3, 0.4) is 0 Å². The molecule has 0 aliphatic rings. The Morgan fingerprint density at radius 1 is 1.20 bits per heavy atom. The number of hydrogen-bond acceptors (Lipinski definition) is 1. The van der Waals surface area contributed by atoms with Gasteiger partial charge in [-0.2, -0.15) is 0 Å². The molecular weight excluding hydrogens is 321 g/mol. The number of halogens is 2. The van der Waals surface area contributed by atoms with Crippen LogP contribution in [0.15, 0.2) is 47.1 Å². The second kappa shape index (κ2) is 4.87. The first kappa shape index (κ1) is 13.1. The van der Waals surface area contributed by atoms with Gasteiger partial charge < -0.3 is 4.98 Å². The summed E-state index contributed by atoms with van der Waals surface area (Å²) >= 11 is 3.21. The first-order valence-corrected chi connectivity index (χ1v) is 6.92. The third kappa shape index (κ3) is 2.27. The lowest BCUT2D eigenvalue weighted by Crippen LogP contribution is -2.01. The van der Waals surface area contributed by atoms with E-state index in [0.29, 0.717) is 15.6 Å². The molecule has 0 fully saturated rings. The molecule has 1 aromatic heterocycles. The molecule has 100 valence electrons. The molecule has 0 amide bonds. The molecular formula is C16H11BrFNO. The molecule has 3 aromatic rings. The Morgan fingerprint density at radius 2 is 2.00 bits per heavy atom. The molecule has 0 radical (unpaired) electrons. The minimum Gasteiger partial charge on any atom is -0.360 e. The number of nitrogens with one attached hydrogen (secondary N) is 1. The number of carbonyl (C=O) groups is 1. The summed E-state index contributed by atoms with van der Waals surface area (Å²) in [6.07, 6.45) is 1.67. The van der Waals surface area contributed by atoms with E-state index in [4.69, 9.17) is 0 Å². The molecule has 1 N–H and O–H groups in total. The average Bonchev–Trinajstić information content (AvgIpc) is 2.79. The molecule has 0 bridgehead atoms. The average molecular weight is 332 g/mol. The van der Waals surface area contributed by atoms with Crippen LogP contribution < -0.4 is 0 Å². The van der Waals surface area contributed by atoms with Crippen LogP contribution in [-0.4, -0.2) is 10.8 Å². The third-order valence-corrected chi connectivity index (χ3v) is 3.66. The summed E-state index contributed by atoms with van der Waals surface area (Å²) < 4.78 is 14.0. The number of H-pyrrole nitrogens is 1. The molecule has 4 heteroatoms. The van der Waals surface area contributed by atoms with E-state index in [0.717, 1.165) is 16.5 Å². The zero-order valence-corrected chi connectivity index (χ0v) is 12.3. The standard InChI is InChI=1S/C16H11BrFNO/c1-9-2-3-15-13(4-9)14(8-19-15)16(20)10-5-11(17)7-12(18)6-10/h2-8,19H,1H3. The van der Waals surface area contributed by atoms with E-state index >= 15 is 0 Å². The van der Waals surface area contributed by atoms with Crippen molar-refractivity contribution in [3.63, 3.8) is 0 Å². The molecule has 0 unspecified atom stereocenters. The SMILES string of the molecule is Cc1ccc2[nH]cc(C(=O)c3cc(F)cc(Br)c3)c2c1. The maximum Gasteiger partial charge on any atom is 0.195 e. The summed E-state index contributed by atoms with van der Waals surface area (Å²) in [6, 6.07) is 10.1. The van der Waals surface area contributed by atoms with E-state index in [1.54, 1.807) is 12.3 Å². The fourth-order valence-corrected chi connectivity index (χ4v) is 2.73. The summed E-state index contributed by atoms with van der Waals surface area (Å²) in [7, 11) is 0. The summed E-state index contributed by atoms with van der Waals surface area (Å²) in [5.74, 6) is -0.624. The number of aromatic nitrogens is 1. The summed E-state index contributed by atoms with van der Waals surface area (Å²) in [5.41, 5.74) is 2.86. The molecule has 0 spiro atoms. The number of hydrogen-bond donors (Lipinski definition) is 1. The molecule has 2 nitrogen and oxygen atoms in total. The summed E-state index contributed by atoms with van der Waals surface area (Å²) in [6.45, 7) is 1.97. The van der Waals surface area contributed by atoms with E-state index in [2.05, 4.69) is 20.9 Å². The minimum atomic E-state index is -0.432. The lowest BCUT2D eigenvalue weighted by Gasteiger charge is -2.02. The number of benzene rings is 2. The molecule has 20 heavy (non-hydrogen) atoms. The van der Waals surface area contributed by atoms with Crippen molar-refractivity contribution in [2.45, 2.75) is 6.92 Å². The molecule has 1 heterocycles. The van der Waals surface area contributed by atoms with Crippen LogP contribution in [0.25, 0.3) is 10.9 Å². The van der Waals surface area contributed by atoms with Gasteiger partial charge in [0.05, 0.1) is 0 Å². The van der Waals surface area contributed by atoms with Gasteiger partial charge in [-0.25, -0.2) is 4.39 Å². The van der Waals surface area contributed by atoms with Crippen LogP contribution in [0.1, 0.15) is 21.5 Å². The highest BCUT2D eigenvalue weighted by molar-refractivity contribution is 9.10. The number of ketones is 1. The Kier molecular flexibility index (Phi) is 3.18. The van der Waals surface area contributed by atoms with Crippen LogP contribution in [0, 0.1) is 12.7 Å². The van der Waals surface area contributed by atoms with E-state index in [1.165, 1.54) is 12.1 Å². The predicted molar refractivity (Wildman–Crippen MR) is 80.6 cm³/mol. The third-order valence-electron chi connectivity index (χ3n) is 3.21. The number of fused-ring (bicyclic) bond motifs is 1. The Hall–Kier alpha value is -1.94. The fraction of sp³-hybridized carbons (Fsp3) is 0.0625. The van der Waals surface area contributed by atoms with Crippen LogP contribution in [0.5, 0.6) is 0 Å². The molecule has 0 aliphatic heterocycles. The number of carbonyl (C=O) groups excluding carboxylic acids is 1. The van der Waals surface area contributed by atoms with E-state index in [9.17, 15) is 9.18 Å². The maximum absolute atomic E-state index is 13.4. The highest BCUT2D eigenvalue weighted by Crippen LogP contribution is 2.24. The van der Waals surface area contributed by atoms with Crippen molar-refractivity contribution < 1.29 is 9.18 Å². The first-order valence-electron chi connectivity index (χ1n) is 6.13. The summed E-state index contributed by atoms with van der Waals surface area (Å²) in [4.78, 5) is 15.6. The van der Waals surface area contributed by atoms with Crippen LogP contribution >= 0.6 is 15.9 Å². The normalized spacial score (nSPS) is 10.9. The molecule has 0 saturated carbocycles. The predicted octanol–water partition coefficient (Wildman–Crippen LogP) is 4.61. The van der Waals surface area contributed by atoms with Gasteiger partial charge in [-0.15, -0.1) is 0 Å². The van der Waals surface area contributed by atoms with Gasteiger partial charge in [-0.1, -0.05) is 27.6 Å². The van der Waals surface area contributed by atoms with Crippen molar-refractivity contribution in [2.75, 3.05) is 0 Å². The van der Waals surface area contributed by atoms with Gasteiger partial charge >= 0.3 is 0 Å². The number of aromatic amines is 1. The highest BCUT2D eigenvalue weighted by Gasteiger charge is 2.15. The van der Waals surface area contributed by atoms with Crippen LogP contribution in [0.4, 0.5) is 4.39 Å². The molecule has 0 saturated heterocycles. The quantitative estimate of drug-likeness (QED) is 0.683. The van der Waals surface area contributed by atoms with Crippen molar-refractivity contribution in [1.29, 1.82) is 0 Å². The van der Waals surface area contributed by atoms with Crippen LogP contribution in [0.2, 0.25) is 0 Å². The Morgan fingerprint density at radius 3 is 2.75 bits per heavy atom. The Labute approximate surface area is 123 Å². The number of aryl methyl sites for hydroxylation is 1. The van der Waals surface area contributed by atoms with Crippen molar-refractivity contribution >= 4 is 32.6 Å². The zero-order chi connectivity index (χ0) is 14.3. The smallest absolute Gasteiger partial charge is 0.195 e. The molecule has 2 aromatic carbocycles. The number of rotatable bonds is 2. The van der Waals surface area contributed by atoms with Gasteiger partial charge in [0.15, 0.2) is 5.78 Å². The van der Waals surface area contributed by atoms with E-state index < -0.39 is 5.82 Å². The monoisotopic (exact) mass is 331 g/mol. The van der Waals surface area contributed by atoms with Gasteiger partial charge in [0.1, 0.15) is 5.82 Å². The highest BCUT2D eigenvalue weighted by atomic mass is 79.9. The topological polar surface area (TPSA) is 32.9 Å². The fourth-order valence-electron chi connectivity index (χ4n) is 2.26. The van der Waals surface area contributed by atoms with Crippen LogP contribution in [-0.2, 0) is 0 Å². The van der Waals surface area contributed by atoms with Gasteiger partial charge in [0, 0.05) is 32.7 Å². The van der Waals surface area contributed by atoms with Crippen molar-refractivity contribution in [3.05, 3.63) is 69.6 Å². The van der Waals surface area contributed by atoms with Gasteiger partial charge in [-0.05, 0) is 37.3 Å². The zero-order valence-electron chi connectivity index (χ0n) is 10.7. The summed E-state index contributed by atoms with van der Waals surface area (Å²) in [5, 5.41) is 0.857. The molecule has 3 rings (SSSR count). The van der Waals surface area contributed by atoms with Gasteiger partial charge in [0.2, 0.25) is 0 Å². The lowest BCUT2D eigenvalue weighted by molar-refractivity contribution is 0.104. The van der Waals surface area contributed by atoms with E-state index in [1.807, 2.05) is 25.1 Å². The van der Waals surface area contributed by atoms with Crippen molar-refractivity contribution in [2.24, 2.45) is 0 Å². The largest absolute Gasteiger partial charge is 0.360 e. The first-order chi connectivity index (χ1) is 9.54. The maximum atomic E-state index is 13.4. The van der Waals surface area contributed by atoms with Crippen molar-refractivity contribution in [3.8, 4) is 0 Å². The molecule has 0 atom stereocenters. The van der Waals surface area contributed by atoms with Gasteiger partial charge in [-0.3, -0.25) is 4.79 Å². The minimum absolute atomic E-state index is 0.193. The molecule has 0 aliphatic carbocycles. The Balaban J connectivity index is 2.15. The van der Waals surface area contributed by atoms with E-state index in [-0.39, 0.29) is 5.78 Å².